The summed E-state index contributed by atoms with van der Waals surface area (Å²) in [6, 6.07) is 5.71. The molecule has 2 N–H and O–H groups in total. The van der Waals surface area contributed by atoms with Crippen LogP contribution in [0.1, 0.15) is 0 Å². The van der Waals surface area contributed by atoms with Crippen LogP contribution in [-0.4, -0.2) is 18.4 Å². The van der Waals surface area contributed by atoms with E-state index >= 15 is 0 Å². The van der Waals surface area contributed by atoms with E-state index in [1.54, 1.807) is 0 Å². The molecule has 19 heavy (non-hydrogen) atoms. The first-order valence-corrected chi connectivity index (χ1v) is 6.60. The van der Waals surface area contributed by atoms with Crippen LogP contribution in [0.5, 0.6) is 0 Å². The van der Waals surface area contributed by atoms with E-state index in [-0.39, 0.29) is 45.4 Å². The van der Waals surface area contributed by atoms with E-state index in [4.69, 9.17) is 17.3 Å². The number of nitrogens with two attached hydrogens (primary N) is 1. The van der Waals surface area contributed by atoms with E-state index in [0.29, 0.717) is 5.69 Å². The van der Waals surface area contributed by atoms with Gasteiger partial charge in [-0.05, 0) is 36.3 Å². The maximum Gasteiger partial charge on any atom is 1.00 e. The van der Waals surface area contributed by atoms with Crippen molar-refractivity contribution in [2.24, 2.45) is 0 Å². The Labute approximate surface area is 137 Å². The van der Waals surface area contributed by atoms with Gasteiger partial charge in [0.1, 0.15) is 5.15 Å². The molecule has 1 aromatic carbocycles. The molecule has 0 spiro atoms. The minimum absolute atomic E-state index is 0. The second-order valence-electron chi connectivity index (χ2n) is 3.33. The molecule has 0 fully saturated rings. The zero-order valence-electron chi connectivity index (χ0n) is 9.99. The SMILES string of the molecule is Nc1ccc(S(=O)(=O)[N-]c2cnc(Cl)cn2)cc1.[Na+]. The Hall–Kier alpha value is -0.860. The van der Waals surface area contributed by atoms with E-state index in [2.05, 4.69) is 14.7 Å². The van der Waals surface area contributed by atoms with Gasteiger partial charge in [0.25, 0.3) is 0 Å². The van der Waals surface area contributed by atoms with Gasteiger partial charge in [-0.15, -0.1) is 0 Å². The quantitative estimate of drug-likeness (QED) is 0.586. The van der Waals surface area contributed by atoms with Gasteiger partial charge in [0.2, 0.25) is 10.0 Å². The van der Waals surface area contributed by atoms with Crippen molar-refractivity contribution in [3.8, 4) is 0 Å². The maximum atomic E-state index is 11.9. The predicted molar refractivity (Wildman–Crippen MR) is 68.1 cm³/mol. The number of rotatable bonds is 3. The average Bonchev–Trinajstić information content (AvgIpc) is 2.32. The minimum atomic E-state index is -3.82. The van der Waals surface area contributed by atoms with Crippen LogP contribution in [0.25, 0.3) is 4.72 Å². The van der Waals surface area contributed by atoms with Crippen molar-refractivity contribution in [1.29, 1.82) is 0 Å². The van der Waals surface area contributed by atoms with E-state index in [1.807, 2.05) is 0 Å². The van der Waals surface area contributed by atoms with Gasteiger partial charge in [-0.3, -0.25) is 0 Å². The van der Waals surface area contributed by atoms with E-state index in [9.17, 15) is 8.42 Å². The third kappa shape index (κ3) is 4.32. The van der Waals surface area contributed by atoms with Crippen LogP contribution in [-0.2, 0) is 10.0 Å². The molecule has 0 aliphatic rings. The summed E-state index contributed by atoms with van der Waals surface area (Å²) in [6.45, 7) is 0. The first-order valence-electron chi connectivity index (χ1n) is 4.78. The molecule has 2 aromatic rings. The van der Waals surface area contributed by atoms with Crippen molar-refractivity contribution in [1.82, 2.24) is 9.97 Å². The minimum Gasteiger partial charge on any atom is -0.438 e. The molecule has 9 heteroatoms. The molecule has 0 radical (unpaired) electrons. The van der Waals surface area contributed by atoms with Crippen molar-refractivity contribution in [2.45, 2.75) is 4.90 Å². The molecule has 0 aliphatic heterocycles. The number of aromatic nitrogens is 2. The molecule has 6 nitrogen and oxygen atoms in total. The van der Waals surface area contributed by atoms with Crippen molar-refractivity contribution in [2.75, 3.05) is 5.73 Å². The molecule has 0 atom stereocenters. The number of halogens is 1. The van der Waals surface area contributed by atoms with E-state index < -0.39 is 10.0 Å². The molecule has 0 saturated heterocycles. The Bertz CT molecular complexity index is 646. The van der Waals surface area contributed by atoms with Crippen LogP contribution < -0.4 is 35.3 Å². The third-order valence-corrected chi connectivity index (χ3v) is 3.49. The van der Waals surface area contributed by atoms with E-state index in [1.165, 1.54) is 36.7 Å². The molecular weight excluding hydrogens is 299 g/mol. The number of nitrogens with zero attached hydrogens (tertiary/aromatic N) is 3. The molecule has 1 heterocycles. The van der Waals surface area contributed by atoms with Gasteiger partial charge in [0.05, 0.1) is 4.90 Å². The largest absolute Gasteiger partial charge is 1.00 e. The predicted octanol–water partition coefficient (Wildman–Crippen LogP) is -0.890. The Morgan fingerprint density at radius 3 is 2.26 bits per heavy atom. The monoisotopic (exact) mass is 306 g/mol. The molecule has 0 saturated carbocycles. The van der Waals surface area contributed by atoms with Crippen molar-refractivity contribution in [3.05, 3.63) is 46.5 Å². The Morgan fingerprint density at radius 2 is 1.74 bits per heavy atom. The third-order valence-electron chi connectivity index (χ3n) is 2.00. The number of sulfonamides is 1. The van der Waals surface area contributed by atoms with Crippen LogP contribution in [0.3, 0.4) is 0 Å². The molecule has 1 aromatic heterocycles. The van der Waals surface area contributed by atoms with Gasteiger partial charge in [-0.25, -0.2) is 13.4 Å². The van der Waals surface area contributed by atoms with Crippen LogP contribution >= 0.6 is 11.6 Å². The molecule has 0 unspecified atom stereocenters. The Balaban J connectivity index is 0.00000180. The number of hydrogen-bond acceptors (Lipinski definition) is 5. The zero-order chi connectivity index (χ0) is 13.2. The number of anilines is 1. The van der Waals surface area contributed by atoms with Gasteiger partial charge in [0.15, 0.2) is 0 Å². The van der Waals surface area contributed by atoms with Gasteiger partial charge in [-0.1, -0.05) is 11.6 Å². The van der Waals surface area contributed by atoms with Crippen LogP contribution in [0, 0.1) is 0 Å². The Morgan fingerprint density at radius 1 is 1.11 bits per heavy atom. The fraction of sp³-hybridized carbons (Fsp3) is 0. The van der Waals surface area contributed by atoms with Crippen LogP contribution in [0.4, 0.5) is 11.5 Å². The summed E-state index contributed by atoms with van der Waals surface area (Å²) >= 11 is 5.54. The van der Waals surface area contributed by atoms with Crippen LogP contribution in [0.2, 0.25) is 5.15 Å². The maximum absolute atomic E-state index is 11.9. The first kappa shape index (κ1) is 16.2. The molecule has 0 bridgehead atoms. The summed E-state index contributed by atoms with van der Waals surface area (Å²) < 4.78 is 27.3. The Kier molecular flexibility index (Phi) is 5.57. The molecular formula is C10H8ClN4NaO2S. The van der Waals surface area contributed by atoms with Crippen LogP contribution in [0.15, 0.2) is 41.6 Å². The molecule has 0 amide bonds. The van der Waals surface area contributed by atoms with Gasteiger partial charge in [0, 0.05) is 11.9 Å². The summed E-state index contributed by atoms with van der Waals surface area (Å²) in [5.74, 6) is -0.0313. The van der Waals surface area contributed by atoms with Crippen molar-refractivity contribution < 1.29 is 38.0 Å². The van der Waals surface area contributed by atoms with Crippen molar-refractivity contribution in [3.63, 3.8) is 0 Å². The molecule has 94 valence electrons. The smallest absolute Gasteiger partial charge is 0.438 e. The summed E-state index contributed by atoms with van der Waals surface area (Å²) in [5.41, 5.74) is 5.95. The number of benzene rings is 1. The zero-order valence-corrected chi connectivity index (χ0v) is 13.6. The first-order chi connectivity index (χ1) is 8.47. The van der Waals surface area contributed by atoms with Gasteiger partial charge in [-0.2, -0.15) is 0 Å². The topological polar surface area (TPSA) is 100 Å². The normalized spacial score (nSPS) is 10.6. The summed E-state index contributed by atoms with van der Waals surface area (Å²) in [7, 11) is -3.82. The molecule has 2 rings (SSSR count). The standard InChI is InChI=1S/C10H8ClN4O2S.Na/c11-9-5-14-10(6-13-9)15-18(16,17)8-3-1-7(12)2-4-8;/h1-6H,12H2;/q-1;+1. The average molecular weight is 307 g/mol. The summed E-state index contributed by atoms with van der Waals surface area (Å²) in [6.07, 6.45) is 2.40. The summed E-state index contributed by atoms with van der Waals surface area (Å²) in [4.78, 5) is 7.47. The molecule has 0 aliphatic carbocycles. The second kappa shape index (κ2) is 6.53. The van der Waals surface area contributed by atoms with Crippen molar-refractivity contribution >= 4 is 33.1 Å². The second-order valence-corrected chi connectivity index (χ2v) is 5.32. The number of hydrogen-bond donors (Lipinski definition) is 1. The van der Waals surface area contributed by atoms with Gasteiger partial charge < -0.3 is 15.4 Å². The van der Waals surface area contributed by atoms with E-state index in [0.717, 1.165) is 0 Å². The fourth-order valence-corrected chi connectivity index (χ4v) is 2.19. The van der Waals surface area contributed by atoms with Gasteiger partial charge >= 0.3 is 29.6 Å². The fourth-order valence-electron chi connectivity index (χ4n) is 1.17. The summed E-state index contributed by atoms with van der Waals surface area (Å²) in [5, 5.41) is 0.166. The number of nitrogen functional groups attached to an aromatic ring is 1.